The van der Waals surface area contributed by atoms with Crippen molar-refractivity contribution in [3.8, 4) is 11.8 Å². The number of nitriles is 1. The number of carboxylic acids is 1. The predicted octanol–water partition coefficient (Wildman–Crippen LogP) is 3.74. The number of likely N-dealkylation sites (tertiary alicyclic amines) is 1. The molecule has 9 nitrogen and oxygen atoms in total. The molecule has 1 aliphatic rings. The molecular formula is C24H22F3N3O6S2. The number of rotatable bonds is 7. The number of methoxy groups -OCH3 is 1. The van der Waals surface area contributed by atoms with Crippen molar-refractivity contribution in [1.82, 2.24) is 9.62 Å². The van der Waals surface area contributed by atoms with Crippen molar-refractivity contribution in [2.75, 3.05) is 20.2 Å². The molecular weight excluding hydrogens is 547 g/mol. The third-order valence-electron chi connectivity index (χ3n) is 5.62. The van der Waals surface area contributed by atoms with E-state index in [4.69, 9.17) is 19.9 Å². The second-order valence-corrected chi connectivity index (χ2v) is 11.1. The molecule has 0 bridgehead atoms. The summed E-state index contributed by atoms with van der Waals surface area (Å²) in [6.45, 7) is 1.07. The first-order chi connectivity index (χ1) is 17.8. The number of thiophene rings is 1. The summed E-state index contributed by atoms with van der Waals surface area (Å²) in [5.74, 6) is -2.57. The highest BCUT2D eigenvalue weighted by Crippen LogP contribution is 2.26. The smallest absolute Gasteiger partial charge is 0.490 e. The van der Waals surface area contributed by atoms with E-state index in [1.165, 1.54) is 11.3 Å². The number of nitrogens with one attached hydrogen (secondary N) is 1. The fourth-order valence-corrected chi connectivity index (χ4v) is 5.59. The van der Waals surface area contributed by atoms with Crippen molar-refractivity contribution in [3.05, 3.63) is 58.3 Å². The summed E-state index contributed by atoms with van der Waals surface area (Å²) in [5.41, 5.74) is 0. The number of nitrogens with zero attached hydrogens (tertiary/aromatic N) is 2. The van der Waals surface area contributed by atoms with Gasteiger partial charge in [0.2, 0.25) is 15.9 Å². The molecule has 1 atom stereocenters. The summed E-state index contributed by atoms with van der Waals surface area (Å²) < 4.78 is 65.2. The van der Waals surface area contributed by atoms with Gasteiger partial charge >= 0.3 is 12.1 Å². The average Bonchev–Trinajstić information content (AvgIpc) is 3.48. The lowest BCUT2D eigenvalue weighted by Crippen LogP contribution is -2.34. The van der Waals surface area contributed by atoms with E-state index in [1.54, 1.807) is 42.3 Å². The van der Waals surface area contributed by atoms with Crippen LogP contribution < -0.4 is 9.46 Å². The second-order valence-electron chi connectivity index (χ2n) is 8.15. The van der Waals surface area contributed by atoms with E-state index in [2.05, 4.69) is 10.8 Å². The molecule has 1 saturated heterocycles. The second kappa shape index (κ2) is 11.8. The molecule has 0 saturated carbocycles. The Hall–Kier alpha value is -3.67. The minimum Gasteiger partial charge on any atom is -0.497 e. The van der Waals surface area contributed by atoms with Gasteiger partial charge in [-0.05, 0) is 53.6 Å². The zero-order valence-electron chi connectivity index (χ0n) is 19.9. The molecule has 3 aromatic rings. The number of alkyl halides is 3. The van der Waals surface area contributed by atoms with E-state index in [-0.39, 0.29) is 17.3 Å². The Balaban J connectivity index is 0.000000505. The lowest BCUT2D eigenvalue weighted by atomic mass is 10.1. The summed E-state index contributed by atoms with van der Waals surface area (Å²) in [5, 5.41) is 17.7. The van der Waals surface area contributed by atoms with Gasteiger partial charge in [0.15, 0.2) is 0 Å². The number of benzene rings is 2. The zero-order valence-corrected chi connectivity index (χ0v) is 21.5. The maximum absolute atomic E-state index is 12.8. The van der Waals surface area contributed by atoms with Gasteiger partial charge in [-0.3, -0.25) is 4.79 Å². The number of carbonyl (C=O) groups is 2. The molecule has 0 aliphatic carbocycles. The first-order valence-electron chi connectivity index (χ1n) is 11.0. The van der Waals surface area contributed by atoms with E-state index in [0.717, 1.165) is 15.6 Å². The van der Waals surface area contributed by atoms with E-state index < -0.39 is 28.1 Å². The van der Waals surface area contributed by atoms with Crippen LogP contribution in [0.3, 0.4) is 0 Å². The zero-order chi connectivity index (χ0) is 28.1. The minimum absolute atomic E-state index is 0.0572. The summed E-state index contributed by atoms with van der Waals surface area (Å²) in [4.78, 5) is 25.0. The molecule has 202 valence electrons. The molecule has 2 aromatic carbocycles. The van der Waals surface area contributed by atoms with Gasteiger partial charge in [-0.15, -0.1) is 11.3 Å². The number of carbonyl (C=O) groups excluding carboxylic acids is 1. The predicted molar refractivity (Wildman–Crippen MR) is 132 cm³/mol. The van der Waals surface area contributed by atoms with Gasteiger partial charge in [0, 0.05) is 18.0 Å². The van der Waals surface area contributed by atoms with Crippen LogP contribution >= 0.6 is 11.3 Å². The van der Waals surface area contributed by atoms with Gasteiger partial charge in [0.25, 0.3) is 0 Å². The number of ether oxygens (including phenoxy) is 1. The highest BCUT2D eigenvalue weighted by molar-refractivity contribution is 7.89. The number of hydrogen-bond acceptors (Lipinski definition) is 7. The molecule has 1 fully saturated rings. The fourth-order valence-electron chi connectivity index (χ4n) is 3.65. The van der Waals surface area contributed by atoms with Crippen LogP contribution in [0.5, 0.6) is 5.75 Å². The SMILES string of the molecule is COc1ccc2ccc(S(=O)(=O)NC[C@@H]3CCN(Cc4ccc(C#N)s4)C3=O)cc2c1.O=C(O)C(F)(F)F. The summed E-state index contributed by atoms with van der Waals surface area (Å²) in [7, 11) is -2.19. The molecule has 38 heavy (non-hydrogen) atoms. The number of amides is 1. The summed E-state index contributed by atoms with van der Waals surface area (Å²) in [6, 6.07) is 16.1. The van der Waals surface area contributed by atoms with Crippen molar-refractivity contribution in [2.24, 2.45) is 5.92 Å². The molecule has 2 heterocycles. The Bertz CT molecular complexity index is 1480. The number of carboxylic acid groups (broad SMARTS) is 1. The number of aliphatic carboxylic acids is 1. The van der Waals surface area contributed by atoms with Gasteiger partial charge in [0.05, 0.1) is 24.5 Å². The molecule has 4 rings (SSSR count). The number of halogens is 3. The van der Waals surface area contributed by atoms with Crippen molar-refractivity contribution < 1.29 is 41.0 Å². The van der Waals surface area contributed by atoms with Crippen LogP contribution in [0, 0.1) is 17.2 Å². The molecule has 2 N–H and O–H groups in total. The molecule has 1 amide bonds. The average molecular weight is 570 g/mol. The molecule has 14 heteroatoms. The molecule has 0 radical (unpaired) electrons. The number of fused-ring (bicyclic) bond motifs is 1. The molecule has 0 spiro atoms. The first kappa shape index (κ1) is 28.9. The maximum Gasteiger partial charge on any atom is 0.490 e. The number of sulfonamides is 1. The molecule has 0 unspecified atom stereocenters. The Morgan fingerprint density at radius 1 is 1.21 bits per heavy atom. The fraction of sp³-hybridized carbons (Fsp3) is 0.292. The van der Waals surface area contributed by atoms with Crippen LogP contribution in [0.25, 0.3) is 10.8 Å². The number of hydrogen-bond donors (Lipinski definition) is 2. The van der Waals surface area contributed by atoms with Crippen LogP contribution in [-0.4, -0.2) is 56.7 Å². The summed E-state index contributed by atoms with van der Waals surface area (Å²) >= 11 is 1.37. The van der Waals surface area contributed by atoms with Crippen molar-refractivity contribution in [3.63, 3.8) is 0 Å². The summed E-state index contributed by atoms with van der Waals surface area (Å²) in [6.07, 6.45) is -4.49. The van der Waals surface area contributed by atoms with Crippen molar-refractivity contribution in [1.29, 1.82) is 5.26 Å². The van der Waals surface area contributed by atoms with Crippen molar-refractivity contribution >= 4 is 44.0 Å². The Morgan fingerprint density at radius 3 is 2.50 bits per heavy atom. The van der Waals surface area contributed by atoms with Crippen LogP contribution in [0.1, 0.15) is 16.2 Å². The Kier molecular flexibility index (Phi) is 8.97. The highest BCUT2D eigenvalue weighted by atomic mass is 32.2. The van der Waals surface area contributed by atoms with Gasteiger partial charge in [-0.25, -0.2) is 17.9 Å². The van der Waals surface area contributed by atoms with Gasteiger partial charge in [0.1, 0.15) is 16.7 Å². The van der Waals surface area contributed by atoms with E-state index in [0.29, 0.717) is 30.1 Å². The minimum atomic E-state index is -5.08. The van der Waals surface area contributed by atoms with Gasteiger partial charge in [-0.2, -0.15) is 18.4 Å². The lowest BCUT2D eigenvalue weighted by Gasteiger charge is -2.16. The van der Waals surface area contributed by atoms with E-state index >= 15 is 0 Å². The monoisotopic (exact) mass is 569 g/mol. The highest BCUT2D eigenvalue weighted by Gasteiger charge is 2.38. The maximum atomic E-state index is 12.8. The lowest BCUT2D eigenvalue weighted by molar-refractivity contribution is -0.192. The first-order valence-corrected chi connectivity index (χ1v) is 13.3. The van der Waals surface area contributed by atoms with Crippen LogP contribution in [-0.2, 0) is 26.2 Å². The van der Waals surface area contributed by atoms with Gasteiger partial charge < -0.3 is 14.7 Å². The molecule has 1 aromatic heterocycles. The molecule has 1 aliphatic heterocycles. The Morgan fingerprint density at radius 2 is 1.89 bits per heavy atom. The van der Waals surface area contributed by atoms with Gasteiger partial charge in [-0.1, -0.05) is 12.1 Å². The topological polar surface area (TPSA) is 137 Å². The standard InChI is InChI=1S/C22H21N3O4S2.C2HF3O2/c1-29-18-4-2-15-3-7-21(11-17(15)10-18)31(27,28)24-13-16-8-9-25(22(16)26)14-20-6-5-19(12-23)30-20;3-2(4,5)1(6)7/h2-7,10-11,16,24H,8-9,13-14H2,1H3;(H,6,7)/t16-;/m0./s1. The third kappa shape index (κ3) is 7.21. The Labute approximate surface area is 220 Å². The van der Waals surface area contributed by atoms with Crippen LogP contribution in [0.15, 0.2) is 53.4 Å². The largest absolute Gasteiger partial charge is 0.497 e. The van der Waals surface area contributed by atoms with Crippen molar-refractivity contribution in [2.45, 2.75) is 24.0 Å². The quantitative estimate of drug-likeness (QED) is 0.442. The normalized spacial score (nSPS) is 15.6. The van der Waals surface area contributed by atoms with Crippen LogP contribution in [0.2, 0.25) is 0 Å². The third-order valence-corrected chi connectivity index (χ3v) is 8.01. The van der Waals surface area contributed by atoms with Crippen LogP contribution in [0.4, 0.5) is 13.2 Å². The van der Waals surface area contributed by atoms with E-state index in [1.807, 2.05) is 18.2 Å². The van der Waals surface area contributed by atoms with E-state index in [9.17, 15) is 26.4 Å².